The van der Waals surface area contributed by atoms with E-state index in [1.807, 2.05) is 12.1 Å². The SMILES string of the molecule is CCc1cc(C(F)(F)F)cc(N2CCN(S(=O)(=O)c3ccc(NC(=O)c4ccc(CNCCCN)cc4)cc3)CC2)n1. The summed E-state index contributed by atoms with van der Waals surface area (Å²) in [7, 11) is -3.84. The van der Waals surface area contributed by atoms with E-state index in [1.165, 1.54) is 28.6 Å². The van der Waals surface area contributed by atoms with Crippen LogP contribution in [0.3, 0.4) is 0 Å². The highest BCUT2D eigenvalue weighted by atomic mass is 32.2. The van der Waals surface area contributed by atoms with E-state index in [-0.39, 0.29) is 42.8 Å². The van der Waals surface area contributed by atoms with Gasteiger partial charge in [0.15, 0.2) is 0 Å². The second-order valence-corrected chi connectivity index (χ2v) is 11.9. The van der Waals surface area contributed by atoms with Gasteiger partial charge in [-0.05, 0) is 80.0 Å². The normalized spacial score (nSPS) is 14.6. The Hall–Kier alpha value is -3.52. The first-order valence-corrected chi connectivity index (χ1v) is 15.2. The molecule has 1 aliphatic heterocycles. The second-order valence-electron chi connectivity index (χ2n) is 9.94. The predicted molar refractivity (Wildman–Crippen MR) is 156 cm³/mol. The van der Waals surface area contributed by atoms with E-state index in [4.69, 9.17) is 5.73 Å². The van der Waals surface area contributed by atoms with Crippen molar-refractivity contribution in [3.63, 3.8) is 0 Å². The number of anilines is 2. The van der Waals surface area contributed by atoms with Crippen LogP contribution >= 0.6 is 0 Å². The van der Waals surface area contributed by atoms with Crippen LogP contribution in [0, 0.1) is 0 Å². The van der Waals surface area contributed by atoms with Crippen molar-refractivity contribution < 1.29 is 26.4 Å². The third-order valence-corrected chi connectivity index (χ3v) is 8.88. The number of alkyl halides is 3. The van der Waals surface area contributed by atoms with Crippen LogP contribution in [0.15, 0.2) is 65.6 Å². The third kappa shape index (κ3) is 7.85. The molecule has 0 bridgehead atoms. The van der Waals surface area contributed by atoms with Gasteiger partial charge in [0, 0.05) is 49.7 Å². The third-order valence-electron chi connectivity index (χ3n) is 6.97. The van der Waals surface area contributed by atoms with Crippen molar-refractivity contribution in [3.8, 4) is 0 Å². The molecule has 42 heavy (non-hydrogen) atoms. The summed E-state index contributed by atoms with van der Waals surface area (Å²) in [5.41, 5.74) is 6.99. The highest BCUT2D eigenvalue weighted by molar-refractivity contribution is 7.89. The smallest absolute Gasteiger partial charge is 0.354 e. The van der Waals surface area contributed by atoms with E-state index in [9.17, 15) is 26.4 Å². The number of hydrogen-bond acceptors (Lipinski definition) is 7. The molecule has 0 spiro atoms. The van der Waals surface area contributed by atoms with E-state index < -0.39 is 21.8 Å². The quantitative estimate of drug-likeness (QED) is 0.284. The Balaban J connectivity index is 1.35. The number of nitrogens with zero attached hydrogens (tertiary/aromatic N) is 3. The first kappa shape index (κ1) is 31.4. The molecule has 9 nitrogen and oxygen atoms in total. The summed E-state index contributed by atoms with van der Waals surface area (Å²) in [6, 6.07) is 15.1. The molecule has 4 rings (SSSR count). The molecule has 0 unspecified atom stereocenters. The zero-order valence-corrected chi connectivity index (χ0v) is 24.1. The number of halogens is 3. The average Bonchev–Trinajstić information content (AvgIpc) is 2.99. The van der Waals surface area contributed by atoms with Crippen LogP contribution in [0.2, 0.25) is 0 Å². The number of hydrogen-bond donors (Lipinski definition) is 3. The summed E-state index contributed by atoms with van der Waals surface area (Å²) in [5, 5.41) is 6.05. The van der Waals surface area contributed by atoms with E-state index in [1.54, 1.807) is 24.0 Å². The zero-order chi connectivity index (χ0) is 30.3. The molecular weight excluding hydrogens is 569 g/mol. The molecule has 2 heterocycles. The van der Waals surface area contributed by atoms with Crippen LogP contribution in [0.25, 0.3) is 0 Å². The molecule has 1 aromatic heterocycles. The van der Waals surface area contributed by atoms with Gasteiger partial charge in [0.1, 0.15) is 5.82 Å². The molecule has 0 radical (unpaired) electrons. The standard InChI is InChI=1S/C29H35F3N6O3S/c1-2-24-18-23(29(30,31)32)19-27(35-24)37-14-16-38(17-15-37)42(40,41)26-10-8-25(9-11-26)36-28(39)22-6-4-21(5-7-22)20-34-13-3-12-33/h4-11,18-19,34H,2-3,12-17,20,33H2,1H3,(H,36,39). The topological polar surface area (TPSA) is 121 Å². The van der Waals surface area contributed by atoms with E-state index in [0.717, 1.165) is 30.7 Å². The number of sulfonamides is 1. The van der Waals surface area contributed by atoms with Crippen molar-refractivity contribution in [2.45, 2.75) is 37.4 Å². The lowest BCUT2D eigenvalue weighted by Crippen LogP contribution is -2.49. The van der Waals surface area contributed by atoms with Gasteiger partial charge in [0.2, 0.25) is 10.0 Å². The Bertz CT molecular complexity index is 1460. The Morgan fingerprint density at radius 3 is 2.26 bits per heavy atom. The fourth-order valence-corrected chi connectivity index (χ4v) is 5.95. The van der Waals surface area contributed by atoms with Gasteiger partial charge in [-0.2, -0.15) is 17.5 Å². The molecule has 4 N–H and O–H groups in total. The maximum Gasteiger partial charge on any atom is 0.416 e. The Kier molecular flexibility index (Phi) is 10.2. The monoisotopic (exact) mass is 604 g/mol. The van der Waals surface area contributed by atoms with Gasteiger partial charge in [-0.3, -0.25) is 4.79 Å². The average molecular weight is 605 g/mol. The molecule has 1 aliphatic rings. The van der Waals surface area contributed by atoms with Gasteiger partial charge in [-0.25, -0.2) is 13.4 Å². The first-order valence-electron chi connectivity index (χ1n) is 13.8. The number of pyridine rings is 1. The second kappa shape index (κ2) is 13.6. The zero-order valence-electron chi connectivity index (χ0n) is 23.3. The molecule has 0 aliphatic carbocycles. The molecule has 0 saturated carbocycles. The summed E-state index contributed by atoms with van der Waals surface area (Å²) >= 11 is 0. The number of aryl methyl sites for hydroxylation is 1. The van der Waals surface area contributed by atoms with Crippen molar-refractivity contribution in [2.75, 3.05) is 49.5 Å². The lowest BCUT2D eigenvalue weighted by molar-refractivity contribution is -0.137. The lowest BCUT2D eigenvalue weighted by atomic mass is 10.1. The number of nitrogens with two attached hydrogens (primary N) is 1. The number of carbonyl (C=O) groups excluding carboxylic acids is 1. The minimum atomic E-state index is -4.49. The number of nitrogens with one attached hydrogen (secondary N) is 2. The van der Waals surface area contributed by atoms with Crippen LogP contribution in [-0.2, 0) is 29.2 Å². The maximum absolute atomic E-state index is 13.4. The van der Waals surface area contributed by atoms with E-state index in [2.05, 4.69) is 15.6 Å². The predicted octanol–water partition coefficient (Wildman–Crippen LogP) is 3.86. The molecule has 1 amide bonds. The fraction of sp³-hybridized carbons (Fsp3) is 0.379. The number of amides is 1. The Morgan fingerprint density at radius 2 is 1.67 bits per heavy atom. The summed E-state index contributed by atoms with van der Waals surface area (Å²) < 4.78 is 67.9. The minimum Gasteiger partial charge on any atom is -0.354 e. The Labute approximate surface area is 244 Å². The van der Waals surface area contributed by atoms with Crippen molar-refractivity contribution >= 4 is 27.4 Å². The number of piperazine rings is 1. The van der Waals surface area contributed by atoms with Gasteiger partial charge in [0.05, 0.1) is 10.5 Å². The minimum absolute atomic E-state index is 0.0610. The van der Waals surface area contributed by atoms with Gasteiger partial charge in [-0.15, -0.1) is 0 Å². The summed E-state index contributed by atoms with van der Waals surface area (Å²) in [6.07, 6.45) is -3.26. The van der Waals surface area contributed by atoms with E-state index >= 15 is 0 Å². The number of carbonyl (C=O) groups is 1. The van der Waals surface area contributed by atoms with Gasteiger partial charge < -0.3 is 21.3 Å². The molecular formula is C29H35F3N6O3S. The molecule has 13 heteroatoms. The molecule has 226 valence electrons. The van der Waals surface area contributed by atoms with Crippen molar-refractivity contribution in [2.24, 2.45) is 5.73 Å². The Morgan fingerprint density at radius 1 is 1.00 bits per heavy atom. The van der Waals surface area contributed by atoms with Crippen molar-refractivity contribution in [3.05, 3.63) is 83.0 Å². The molecule has 2 aromatic carbocycles. The van der Waals surface area contributed by atoms with Crippen molar-refractivity contribution in [1.29, 1.82) is 0 Å². The van der Waals surface area contributed by atoms with Crippen LogP contribution in [0.4, 0.5) is 24.7 Å². The number of rotatable bonds is 11. The van der Waals surface area contributed by atoms with Crippen LogP contribution < -0.4 is 21.3 Å². The van der Waals surface area contributed by atoms with Gasteiger partial charge in [-0.1, -0.05) is 19.1 Å². The highest BCUT2D eigenvalue weighted by Gasteiger charge is 2.33. The van der Waals surface area contributed by atoms with Crippen molar-refractivity contribution in [1.82, 2.24) is 14.6 Å². The molecule has 1 fully saturated rings. The number of benzene rings is 2. The lowest BCUT2D eigenvalue weighted by Gasteiger charge is -2.35. The van der Waals surface area contributed by atoms with Gasteiger partial charge >= 0.3 is 6.18 Å². The van der Waals surface area contributed by atoms with Crippen LogP contribution in [-0.4, -0.2) is 62.9 Å². The first-order chi connectivity index (χ1) is 20.0. The summed E-state index contributed by atoms with van der Waals surface area (Å²) in [6.45, 7) is 4.45. The largest absolute Gasteiger partial charge is 0.416 e. The van der Waals surface area contributed by atoms with Crippen LogP contribution in [0.5, 0.6) is 0 Å². The van der Waals surface area contributed by atoms with Crippen LogP contribution in [0.1, 0.15) is 40.5 Å². The molecule has 1 saturated heterocycles. The fourth-order valence-electron chi connectivity index (χ4n) is 4.53. The summed E-state index contributed by atoms with van der Waals surface area (Å²) in [4.78, 5) is 18.7. The van der Waals surface area contributed by atoms with E-state index in [0.29, 0.717) is 36.5 Å². The maximum atomic E-state index is 13.4. The molecule has 3 aromatic rings. The summed E-state index contributed by atoms with van der Waals surface area (Å²) in [5.74, 6) is -0.133. The number of aromatic nitrogens is 1. The van der Waals surface area contributed by atoms with Gasteiger partial charge in [0.25, 0.3) is 5.91 Å². The molecule has 0 atom stereocenters. The highest BCUT2D eigenvalue weighted by Crippen LogP contribution is 2.32.